The first kappa shape index (κ1) is 27.4. The zero-order chi connectivity index (χ0) is 19.7. The third-order valence-corrected chi connectivity index (χ3v) is 4.77. The second-order valence-electron chi connectivity index (χ2n) is 7.39. The summed E-state index contributed by atoms with van der Waals surface area (Å²) in [5, 5.41) is 17.3. The summed E-state index contributed by atoms with van der Waals surface area (Å²) in [4.78, 5) is 8.25. The van der Waals surface area contributed by atoms with Crippen molar-refractivity contribution in [1.29, 1.82) is 0 Å². The highest BCUT2D eigenvalue weighted by Gasteiger charge is 1.95. The second-order valence-corrected chi connectivity index (χ2v) is 7.39. The van der Waals surface area contributed by atoms with Gasteiger partial charge in [0.25, 0.3) is 0 Å². The predicted octanol–water partition coefficient (Wildman–Crippen LogP) is 5.98. The van der Waals surface area contributed by atoms with Gasteiger partial charge in [0.2, 0.25) is 0 Å². The summed E-state index contributed by atoms with van der Waals surface area (Å²) in [6.45, 7) is 7.32. The van der Waals surface area contributed by atoms with Crippen LogP contribution in [0.1, 0.15) is 123 Å². The molecule has 0 radical (unpaired) electrons. The van der Waals surface area contributed by atoms with Crippen molar-refractivity contribution < 1.29 is 10.4 Å². The zero-order valence-corrected chi connectivity index (χ0v) is 17.7. The van der Waals surface area contributed by atoms with Gasteiger partial charge in [0.15, 0.2) is 0 Å². The summed E-state index contributed by atoms with van der Waals surface area (Å²) in [7, 11) is 0. The van der Waals surface area contributed by atoms with E-state index in [1.165, 1.54) is 122 Å². The molecule has 0 heterocycles. The van der Waals surface area contributed by atoms with Gasteiger partial charge in [-0.2, -0.15) is 0 Å². The quantitative estimate of drug-likeness (QED) is 0.171. The van der Waals surface area contributed by atoms with Crippen molar-refractivity contribution >= 4 is 0 Å². The molecule has 0 fully saturated rings. The molecule has 0 aromatic carbocycles. The molecule has 0 aromatic heterocycles. The van der Waals surface area contributed by atoms with Crippen LogP contribution in [0.3, 0.4) is 0 Å². The van der Waals surface area contributed by atoms with Crippen LogP contribution in [0.25, 0.3) is 0 Å². The maximum absolute atomic E-state index is 8.25. The van der Waals surface area contributed by atoms with Crippen molar-refractivity contribution in [2.45, 2.75) is 123 Å². The zero-order valence-electron chi connectivity index (χ0n) is 17.7. The molecular formula is C21H46N2O3. The third kappa shape index (κ3) is 34.5. The van der Waals surface area contributed by atoms with E-state index in [1.807, 2.05) is 0 Å². The minimum absolute atomic E-state index is 1.37. The van der Waals surface area contributed by atoms with Crippen LogP contribution >= 0.6 is 0 Å². The first-order valence-corrected chi connectivity index (χ1v) is 11.3. The lowest BCUT2D eigenvalue weighted by Crippen LogP contribution is -2.84. The molecule has 26 heavy (non-hydrogen) atoms. The van der Waals surface area contributed by atoms with Crippen molar-refractivity contribution in [2.24, 2.45) is 0 Å². The molecule has 0 amide bonds. The van der Waals surface area contributed by atoms with Gasteiger partial charge in [-0.05, 0) is 25.7 Å². The standard InChI is InChI=1S/C21H45N.NO3/c1-3-5-7-9-11-12-13-15-17-19-21-22-20-18-16-14-10-8-6-4-2;2-1(3)4/h22H,3-21H2,1-2H3;/q;-1/p+1. The Morgan fingerprint density at radius 3 is 1.04 bits per heavy atom. The summed E-state index contributed by atoms with van der Waals surface area (Å²) < 4.78 is 0. The molecule has 0 unspecified atom stereocenters. The Hall–Kier alpha value is -0.840. The number of unbranched alkanes of at least 4 members (excludes halogenated alkanes) is 15. The van der Waals surface area contributed by atoms with Gasteiger partial charge >= 0.3 is 0 Å². The maximum atomic E-state index is 8.25. The van der Waals surface area contributed by atoms with Crippen molar-refractivity contribution in [3.05, 3.63) is 15.3 Å². The van der Waals surface area contributed by atoms with E-state index in [1.54, 1.807) is 0 Å². The SMILES string of the molecule is CCCCCCCCCCCC[NH2+]CCCCCCCCC.O=[N+]([O-])[O-]. The fourth-order valence-corrected chi connectivity index (χ4v) is 3.17. The lowest BCUT2D eigenvalue weighted by atomic mass is 10.1. The van der Waals surface area contributed by atoms with E-state index in [0.717, 1.165) is 0 Å². The Morgan fingerprint density at radius 2 is 0.769 bits per heavy atom. The molecule has 2 N–H and O–H groups in total. The molecule has 0 rings (SSSR count). The van der Waals surface area contributed by atoms with Crippen molar-refractivity contribution in [1.82, 2.24) is 0 Å². The summed E-state index contributed by atoms with van der Waals surface area (Å²) >= 11 is 0. The Morgan fingerprint density at radius 1 is 0.538 bits per heavy atom. The number of hydrogen-bond acceptors (Lipinski definition) is 3. The summed E-state index contributed by atoms with van der Waals surface area (Å²) in [5.41, 5.74) is 0. The molecule has 158 valence electrons. The molecule has 0 aliphatic rings. The Balaban J connectivity index is 0. The lowest BCUT2D eigenvalue weighted by Gasteiger charge is -2.03. The topological polar surface area (TPSA) is 82.8 Å². The van der Waals surface area contributed by atoms with Crippen LogP contribution in [0.15, 0.2) is 0 Å². The van der Waals surface area contributed by atoms with Gasteiger partial charge in [-0.15, -0.1) is 0 Å². The Kier molecular flexibility index (Phi) is 27.8. The van der Waals surface area contributed by atoms with Crippen molar-refractivity contribution in [3.8, 4) is 0 Å². The van der Waals surface area contributed by atoms with Gasteiger partial charge < -0.3 is 20.6 Å². The average Bonchev–Trinajstić information content (AvgIpc) is 2.60. The molecule has 0 saturated heterocycles. The molecule has 0 atom stereocenters. The lowest BCUT2D eigenvalue weighted by molar-refractivity contribution is -0.655. The monoisotopic (exact) mass is 374 g/mol. The number of nitrogens with two attached hydrogens (primary N) is 1. The van der Waals surface area contributed by atoms with Crippen LogP contribution in [-0.2, 0) is 0 Å². The van der Waals surface area contributed by atoms with E-state index in [0.29, 0.717) is 0 Å². The normalized spacial score (nSPS) is 10.4. The van der Waals surface area contributed by atoms with Crippen LogP contribution in [0.2, 0.25) is 0 Å². The van der Waals surface area contributed by atoms with Crippen LogP contribution in [0.4, 0.5) is 0 Å². The van der Waals surface area contributed by atoms with Crippen LogP contribution in [-0.4, -0.2) is 18.2 Å². The van der Waals surface area contributed by atoms with E-state index < -0.39 is 5.09 Å². The van der Waals surface area contributed by atoms with Crippen molar-refractivity contribution in [2.75, 3.05) is 13.1 Å². The average molecular weight is 375 g/mol. The molecule has 5 heteroatoms. The van der Waals surface area contributed by atoms with Crippen LogP contribution < -0.4 is 5.32 Å². The minimum Gasteiger partial charge on any atom is -0.356 e. The van der Waals surface area contributed by atoms with E-state index in [-0.39, 0.29) is 0 Å². The third-order valence-electron chi connectivity index (χ3n) is 4.77. The first-order chi connectivity index (χ1) is 12.6. The minimum atomic E-state index is -1.75. The highest BCUT2D eigenvalue weighted by Crippen LogP contribution is 2.10. The predicted molar refractivity (Wildman–Crippen MR) is 112 cm³/mol. The molecule has 0 bridgehead atoms. The van der Waals surface area contributed by atoms with E-state index in [4.69, 9.17) is 15.3 Å². The number of hydrogen-bond donors (Lipinski definition) is 1. The summed E-state index contributed by atoms with van der Waals surface area (Å²) in [6, 6.07) is 0. The Labute approximate surface area is 162 Å². The highest BCUT2D eigenvalue weighted by atomic mass is 16.9. The molecule has 0 aliphatic carbocycles. The molecule has 5 nitrogen and oxygen atoms in total. The highest BCUT2D eigenvalue weighted by molar-refractivity contribution is 4.47. The van der Waals surface area contributed by atoms with Gasteiger partial charge in [0.1, 0.15) is 0 Å². The molecule has 0 aliphatic heterocycles. The number of quaternary nitrogens is 1. The fraction of sp³-hybridized carbons (Fsp3) is 1.00. The van der Waals surface area contributed by atoms with Gasteiger partial charge in [-0.1, -0.05) is 97.3 Å². The van der Waals surface area contributed by atoms with Crippen LogP contribution in [0.5, 0.6) is 0 Å². The number of nitrogens with zero attached hydrogens (tertiary/aromatic N) is 1. The molecular weight excluding hydrogens is 328 g/mol. The smallest absolute Gasteiger partial charge is 0.0755 e. The van der Waals surface area contributed by atoms with Gasteiger partial charge in [0.05, 0.1) is 18.2 Å². The van der Waals surface area contributed by atoms with Gasteiger partial charge in [-0.25, -0.2) is 0 Å². The first-order valence-electron chi connectivity index (χ1n) is 11.3. The van der Waals surface area contributed by atoms with Gasteiger partial charge in [-0.3, -0.25) is 0 Å². The molecule has 0 aromatic rings. The van der Waals surface area contributed by atoms with E-state index >= 15 is 0 Å². The van der Waals surface area contributed by atoms with Crippen LogP contribution in [0, 0.1) is 15.3 Å². The molecule has 0 spiro atoms. The van der Waals surface area contributed by atoms with Gasteiger partial charge in [0, 0.05) is 0 Å². The maximum Gasteiger partial charge on any atom is 0.0755 e. The van der Waals surface area contributed by atoms with E-state index in [9.17, 15) is 0 Å². The second kappa shape index (κ2) is 26.4. The fourth-order valence-electron chi connectivity index (χ4n) is 3.17. The summed E-state index contributed by atoms with van der Waals surface area (Å²) in [6.07, 6.45) is 24.6. The number of rotatable bonds is 19. The van der Waals surface area contributed by atoms with Crippen molar-refractivity contribution in [3.63, 3.8) is 0 Å². The molecule has 0 saturated carbocycles. The Bertz CT molecular complexity index is 240. The summed E-state index contributed by atoms with van der Waals surface area (Å²) in [5.74, 6) is 0. The van der Waals surface area contributed by atoms with E-state index in [2.05, 4.69) is 19.2 Å². The largest absolute Gasteiger partial charge is 0.356 e.